The van der Waals surface area contributed by atoms with Gasteiger partial charge in [-0.25, -0.2) is 8.42 Å². The van der Waals surface area contributed by atoms with Crippen LogP contribution in [0.15, 0.2) is 53.7 Å². The van der Waals surface area contributed by atoms with Crippen LogP contribution < -0.4 is 5.32 Å². The number of halogens is 3. The summed E-state index contributed by atoms with van der Waals surface area (Å²) in [5.74, 6) is -0.630. The van der Waals surface area contributed by atoms with Gasteiger partial charge >= 0.3 is 6.18 Å². The summed E-state index contributed by atoms with van der Waals surface area (Å²) in [7, 11) is -3.89. The molecule has 1 saturated carbocycles. The number of hydrogen-bond donors (Lipinski definition) is 1. The molecule has 0 bridgehead atoms. The van der Waals surface area contributed by atoms with E-state index in [4.69, 9.17) is 0 Å². The first-order valence-corrected chi connectivity index (χ1v) is 9.51. The number of benzene rings is 1. The van der Waals surface area contributed by atoms with Crippen molar-refractivity contribution in [1.82, 2.24) is 9.29 Å². The van der Waals surface area contributed by atoms with Gasteiger partial charge in [0.1, 0.15) is 4.90 Å². The lowest BCUT2D eigenvalue weighted by Gasteiger charge is -2.21. The van der Waals surface area contributed by atoms with Gasteiger partial charge in [0.2, 0.25) is 15.9 Å². The van der Waals surface area contributed by atoms with Gasteiger partial charge in [0.25, 0.3) is 0 Å². The molecule has 0 radical (unpaired) electrons. The molecule has 1 aromatic carbocycles. The minimum absolute atomic E-state index is 0.0146. The second-order valence-corrected chi connectivity index (χ2v) is 7.98. The third-order valence-corrected chi connectivity index (χ3v) is 5.87. The first-order chi connectivity index (χ1) is 12.7. The maximum Gasteiger partial charge on any atom is 0.416 e. The molecule has 2 aromatic rings. The highest BCUT2D eigenvalue weighted by molar-refractivity contribution is 7.89. The van der Waals surface area contributed by atoms with Crippen LogP contribution in [0.5, 0.6) is 0 Å². The topological polar surface area (TPSA) is 79.4 Å². The number of aromatic nitrogens is 1. The van der Waals surface area contributed by atoms with Crippen LogP contribution in [-0.2, 0) is 21.0 Å². The Bertz CT molecular complexity index is 912. The number of alkyl halides is 3. The standard InChI is InChI=1S/C17H16F3N3O3S/c18-17(19,20)12-3-5-13(6-4-12)22-16(24)11-23(14-7-8-14)27(25,26)15-2-1-9-21-10-15/h1-6,9-10,14H,7-8,11H2,(H,22,24). The number of anilines is 1. The lowest BCUT2D eigenvalue weighted by molar-refractivity contribution is -0.137. The summed E-state index contributed by atoms with van der Waals surface area (Å²) in [6, 6.07) is 6.55. The van der Waals surface area contributed by atoms with E-state index in [0.717, 1.165) is 28.6 Å². The zero-order chi connectivity index (χ0) is 19.7. The normalized spacial score (nSPS) is 15.0. The molecule has 1 aliphatic rings. The molecule has 1 aliphatic carbocycles. The smallest absolute Gasteiger partial charge is 0.325 e. The van der Waals surface area contributed by atoms with Gasteiger partial charge in [0.15, 0.2) is 0 Å². The van der Waals surface area contributed by atoms with Crippen molar-refractivity contribution in [3.8, 4) is 0 Å². The molecule has 6 nitrogen and oxygen atoms in total. The SMILES string of the molecule is O=C(CN(C1CC1)S(=O)(=O)c1cccnc1)Nc1ccc(C(F)(F)F)cc1. The molecule has 1 fully saturated rings. The number of rotatable bonds is 6. The van der Waals surface area contributed by atoms with Crippen molar-refractivity contribution >= 4 is 21.6 Å². The first-order valence-electron chi connectivity index (χ1n) is 8.07. The number of carbonyl (C=O) groups is 1. The van der Waals surface area contributed by atoms with Gasteiger partial charge in [0.05, 0.1) is 12.1 Å². The van der Waals surface area contributed by atoms with Crippen molar-refractivity contribution < 1.29 is 26.4 Å². The third kappa shape index (κ3) is 4.64. The molecule has 1 N–H and O–H groups in total. The number of amides is 1. The van der Waals surface area contributed by atoms with E-state index in [2.05, 4.69) is 10.3 Å². The average Bonchev–Trinajstić information content (AvgIpc) is 3.45. The molecule has 0 unspecified atom stereocenters. The number of hydrogen-bond acceptors (Lipinski definition) is 4. The Morgan fingerprint density at radius 1 is 1.19 bits per heavy atom. The second-order valence-electron chi connectivity index (χ2n) is 6.09. The summed E-state index contributed by atoms with van der Waals surface area (Å²) >= 11 is 0. The van der Waals surface area contributed by atoms with Crippen LogP contribution >= 0.6 is 0 Å². The second kappa shape index (κ2) is 7.28. The molecular weight excluding hydrogens is 383 g/mol. The summed E-state index contributed by atoms with van der Waals surface area (Å²) in [5.41, 5.74) is -0.679. The van der Waals surface area contributed by atoms with Crippen molar-refractivity contribution in [1.29, 1.82) is 0 Å². The van der Waals surface area contributed by atoms with Gasteiger partial charge in [0, 0.05) is 24.1 Å². The van der Waals surface area contributed by atoms with E-state index in [9.17, 15) is 26.4 Å². The average molecular weight is 399 g/mol. The van der Waals surface area contributed by atoms with E-state index in [1.165, 1.54) is 24.5 Å². The van der Waals surface area contributed by atoms with E-state index in [-0.39, 0.29) is 16.6 Å². The Kier molecular flexibility index (Phi) is 5.20. The fourth-order valence-corrected chi connectivity index (χ4v) is 4.10. The van der Waals surface area contributed by atoms with Crippen molar-refractivity contribution in [2.45, 2.75) is 30.0 Å². The summed E-state index contributed by atoms with van der Waals surface area (Å²) < 4.78 is 64.3. The number of nitrogens with zero attached hydrogens (tertiary/aromatic N) is 2. The lowest BCUT2D eigenvalue weighted by Crippen LogP contribution is -2.39. The van der Waals surface area contributed by atoms with Gasteiger partial charge < -0.3 is 5.32 Å². The zero-order valence-electron chi connectivity index (χ0n) is 14.0. The highest BCUT2D eigenvalue weighted by Gasteiger charge is 2.39. The Balaban J connectivity index is 1.71. The molecular formula is C17H16F3N3O3S. The third-order valence-electron chi connectivity index (χ3n) is 3.99. The van der Waals surface area contributed by atoms with Crippen LogP contribution in [0.4, 0.5) is 18.9 Å². The lowest BCUT2D eigenvalue weighted by atomic mass is 10.2. The molecule has 0 atom stereocenters. The van der Waals surface area contributed by atoms with Crippen molar-refractivity contribution in [2.24, 2.45) is 0 Å². The highest BCUT2D eigenvalue weighted by Crippen LogP contribution is 2.32. The molecule has 0 aliphatic heterocycles. The van der Waals surface area contributed by atoms with Crippen LogP contribution in [0.1, 0.15) is 18.4 Å². The van der Waals surface area contributed by atoms with E-state index >= 15 is 0 Å². The van der Waals surface area contributed by atoms with Gasteiger partial charge in [-0.05, 0) is 49.2 Å². The molecule has 1 heterocycles. The van der Waals surface area contributed by atoms with Crippen molar-refractivity contribution in [2.75, 3.05) is 11.9 Å². The summed E-state index contributed by atoms with van der Waals surface area (Å²) in [5, 5.41) is 2.43. The zero-order valence-corrected chi connectivity index (χ0v) is 14.8. The van der Waals surface area contributed by atoms with Crippen LogP contribution in [-0.4, -0.2) is 36.2 Å². The van der Waals surface area contributed by atoms with Gasteiger partial charge in [-0.1, -0.05) is 0 Å². The van der Waals surface area contributed by atoms with Crippen LogP contribution in [0.2, 0.25) is 0 Å². The monoisotopic (exact) mass is 399 g/mol. The molecule has 3 rings (SSSR count). The molecule has 0 spiro atoms. The molecule has 10 heteroatoms. The van der Waals surface area contributed by atoms with E-state index in [0.29, 0.717) is 12.8 Å². The molecule has 1 aromatic heterocycles. The van der Waals surface area contributed by atoms with Crippen molar-refractivity contribution in [3.05, 3.63) is 54.4 Å². The predicted octanol–water partition coefficient (Wildman–Crippen LogP) is 2.89. The van der Waals surface area contributed by atoms with E-state index in [1.54, 1.807) is 0 Å². The molecule has 144 valence electrons. The Labute approximate surface area is 154 Å². The number of pyridine rings is 1. The Morgan fingerprint density at radius 3 is 2.37 bits per heavy atom. The minimum atomic E-state index is -4.47. The Hall–Kier alpha value is -2.46. The number of nitrogens with one attached hydrogen (secondary N) is 1. The van der Waals surface area contributed by atoms with E-state index < -0.39 is 34.2 Å². The van der Waals surface area contributed by atoms with Crippen LogP contribution in [0, 0.1) is 0 Å². The largest absolute Gasteiger partial charge is 0.416 e. The van der Waals surface area contributed by atoms with Crippen LogP contribution in [0.3, 0.4) is 0 Å². The Morgan fingerprint density at radius 2 is 1.85 bits per heavy atom. The fraction of sp³-hybridized carbons (Fsp3) is 0.294. The van der Waals surface area contributed by atoms with E-state index in [1.807, 2.05) is 0 Å². The molecule has 0 saturated heterocycles. The highest BCUT2D eigenvalue weighted by atomic mass is 32.2. The van der Waals surface area contributed by atoms with Gasteiger partial charge in [-0.3, -0.25) is 9.78 Å². The van der Waals surface area contributed by atoms with Gasteiger partial charge in [-0.2, -0.15) is 17.5 Å². The minimum Gasteiger partial charge on any atom is -0.325 e. The maximum absolute atomic E-state index is 12.7. The fourth-order valence-electron chi connectivity index (χ4n) is 2.49. The quantitative estimate of drug-likeness (QED) is 0.810. The maximum atomic E-state index is 12.7. The predicted molar refractivity (Wildman–Crippen MR) is 91.2 cm³/mol. The summed E-state index contributed by atoms with van der Waals surface area (Å²) in [4.78, 5) is 16.0. The summed E-state index contributed by atoms with van der Waals surface area (Å²) in [6.07, 6.45) is -0.528. The number of carbonyl (C=O) groups excluding carboxylic acids is 1. The first kappa shape index (κ1) is 19.3. The molecule has 27 heavy (non-hydrogen) atoms. The number of sulfonamides is 1. The summed E-state index contributed by atoms with van der Waals surface area (Å²) in [6.45, 7) is -0.428. The van der Waals surface area contributed by atoms with Crippen LogP contribution in [0.25, 0.3) is 0 Å². The van der Waals surface area contributed by atoms with Gasteiger partial charge in [-0.15, -0.1) is 0 Å². The molecule has 1 amide bonds. The van der Waals surface area contributed by atoms with Crippen molar-refractivity contribution in [3.63, 3.8) is 0 Å².